The Hall–Kier alpha value is -3.29. The van der Waals surface area contributed by atoms with Crippen LogP contribution in [0.5, 0.6) is 0 Å². The van der Waals surface area contributed by atoms with E-state index in [2.05, 4.69) is 34.2 Å². The van der Waals surface area contributed by atoms with E-state index in [0.717, 1.165) is 76.6 Å². The van der Waals surface area contributed by atoms with Crippen molar-refractivity contribution in [2.75, 3.05) is 32.8 Å². The molecule has 0 bridgehead atoms. The first-order valence-electron chi connectivity index (χ1n) is 18.5. The van der Waals surface area contributed by atoms with Gasteiger partial charge in [0.15, 0.2) is 0 Å². The predicted octanol–water partition coefficient (Wildman–Crippen LogP) is 9.33. The number of amides is 1. The van der Waals surface area contributed by atoms with Crippen molar-refractivity contribution >= 4 is 63.8 Å². The van der Waals surface area contributed by atoms with Crippen LogP contribution in [0.4, 0.5) is 4.79 Å². The fourth-order valence-electron chi connectivity index (χ4n) is 6.39. The fraction of sp³-hybridized carbons (Fsp3) is 0.525. The van der Waals surface area contributed by atoms with Gasteiger partial charge in [0.2, 0.25) is 0 Å². The maximum absolute atomic E-state index is 13.0. The number of halogens is 2. The topological polar surface area (TPSA) is 111 Å². The molecule has 0 aliphatic carbocycles. The number of carbonyl (C=O) groups is 3. The van der Waals surface area contributed by atoms with Gasteiger partial charge in [0.1, 0.15) is 6.61 Å². The van der Waals surface area contributed by atoms with Crippen LogP contribution in [0, 0.1) is 10.8 Å². The van der Waals surface area contributed by atoms with Crippen molar-refractivity contribution in [2.24, 2.45) is 10.8 Å². The molecule has 4 aromatic heterocycles. The second kappa shape index (κ2) is 18.1. The normalized spacial score (nSPS) is 17.4. The summed E-state index contributed by atoms with van der Waals surface area (Å²) in [5, 5.41) is 12.7. The molecule has 2 atom stereocenters. The Morgan fingerprint density at radius 2 is 1.35 bits per heavy atom. The van der Waals surface area contributed by atoms with E-state index in [1.54, 1.807) is 43.0 Å². The van der Waals surface area contributed by atoms with Gasteiger partial charge in [0, 0.05) is 63.4 Å². The molecule has 0 spiro atoms. The fourth-order valence-corrected chi connectivity index (χ4v) is 8.57. The van der Waals surface area contributed by atoms with Gasteiger partial charge in [-0.05, 0) is 81.5 Å². The minimum Gasteiger partial charge on any atom is -0.445 e. The minimum atomic E-state index is -0.541. The van der Waals surface area contributed by atoms with Gasteiger partial charge in [-0.15, -0.1) is 22.7 Å². The minimum absolute atomic E-state index is 0.0341. The molecule has 10 nitrogen and oxygen atoms in total. The van der Waals surface area contributed by atoms with Crippen LogP contribution in [-0.2, 0) is 30.4 Å². The molecule has 6 heterocycles. The number of nitrogens with one attached hydrogen (secondary N) is 1. The largest absolute Gasteiger partial charge is 0.445 e. The molecule has 2 aliphatic rings. The van der Waals surface area contributed by atoms with Crippen molar-refractivity contribution in [3.05, 3.63) is 90.3 Å². The van der Waals surface area contributed by atoms with Crippen molar-refractivity contribution < 1.29 is 19.1 Å². The summed E-state index contributed by atoms with van der Waals surface area (Å²) in [6, 6.07) is 12.0. The molecule has 2 aliphatic heterocycles. The van der Waals surface area contributed by atoms with E-state index >= 15 is 0 Å². The Bertz CT molecular complexity index is 1930. The molecule has 14 heteroatoms. The smallest absolute Gasteiger partial charge is 0.410 e. The first kappa shape index (κ1) is 41.9. The summed E-state index contributed by atoms with van der Waals surface area (Å²) in [6.45, 7) is 18.4. The van der Waals surface area contributed by atoms with Gasteiger partial charge in [0.25, 0.3) is 11.8 Å². The molecular weight excluding hydrogens is 764 g/mol. The highest BCUT2D eigenvalue weighted by Gasteiger charge is 2.33. The zero-order valence-corrected chi connectivity index (χ0v) is 35.3. The second-order valence-electron chi connectivity index (χ2n) is 16.0. The molecule has 1 N–H and O–H groups in total. The number of thiophene rings is 2. The van der Waals surface area contributed by atoms with Gasteiger partial charge in [0.05, 0.1) is 20.1 Å². The average Bonchev–Trinajstić information content (AvgIpc) is 3.96. The van der Waals surface area contributed by atoms with Crippen LogP contribution in [0.15, 0.2) is 49.1 Å². The summed E-state index contributed by atoms with van der Waals surface area (Å²) in [4.78, 5) is 42.0. The van der Waals surface area contributed by atoms with Crippen molar-refractivity contribution in [1.82, 2.24) is 29.8 Å². The standard InChI is InChI=1S/C22H28ClN3O3S.C18H24ClN3OS/c1-5-12-29-21(28)25-11-10-15(14-25)18-13-16(6-7-17-8-9-19(23)30-17)26(24-18)20(27)22(2,3)4;1-18(2,3)17(23)22-13(4-5-14-6-7-16(19)24-14)10-15(21-22)12-8-9-20-11-12/h5,8-9,13,15H,1,6-7,10-12,14H2,2-4H3;6-7,10,12,20H,4-5,8-9,11H2,1-3H3. The Balaban J connectivity index is 0.000000213. The quantitative estimate of drug-likeness (QED) is 0.159. The highest BCUT2D eigenvalue weighted by atomic mass is 35.5. The van der Waals surface area contributed by atoms with E-state index in [1.807, 2.05) is 65.8 Å². The molecule has 54 heavy (non-hydrogen) atoms. The van der Waals surface area contributed by atoms with Crippen LogP contribution in [-0.4, -0.2) is 75.2 Å². The van der Waals surface area contributed by atoms with E-state index in [-0.39, 0.29) is 30.4 Å². The maximum atomic E-state index is 13.0. The van der Waals surface area contributed by atoms with Gasteiger partial charge in [-0.3, -0.25) is 9.59 Å². The molecule has 292 valence electrons. The van der Waals surface area contributed by atoms with Crippen molar-refractivity contribution in [1.29, 1.82) is 0 Å². The monoisotopic (exact) mass is 814 g/mol. The van der Waals surface area contributed by atoms with Gasteiger partial charge in [-0.25, -0.2) is 14.2 Å². The Morgan fingerprint density at radius 3 is 1.78 bits per heavy atom. The molecule has 0 saturated carbocycles. The van der Waals surface area contributed by atoms with Crippen LogP contribution in [0.25, 0.3) is 0 Å². The third-order valence-corrected chi connectivity index (χ3v) is 12.0. The highest BCUT2D eigenvalue weighted by Crippen LogP contribution is 2.31. The molecule has 2 fully saturated rings. The number of aryl methyl sites for hydroxylation is 4. The highest BCUT2D eigenvalue weighted by molar-refractivity contribution is 7.16. The van der Waals surface area contributed by atoms with Crippen LogP contribution in [0.2, 0.25) is 8.67 Å². The van der Waals surface area contributed by atoms with Crippen LogP contribution < -0.4 is 5.32 Å². The van der Waals surface area contributed by atoms with Crippen molar-refractivity contribution in [3.8, 4) is 0 Å². The number of nitrogens with zero attached hydrogens (tertiary/aromatic N) is 5. The number of likely N-dealkylation sites (tertiary alicyclic amines) is 1. The van der Waals surface area contributed by atoms with Crippen molar-refractivity contribution in [2.45, 2.75) is 91.9 Å². The first-order chi connectivity index (χ1) is 25.5. The van der Waals surface area contributed by atoms with Crippen molar-refractivity contribution in [3.63, 3.8) is 0 Å². The lowest BCUT2D eigenvalue weighted by Crippen LogP contribution is -2.30. The number of hydrogen-bond donors (Lipinski definition) is 1. The van der Waals surface area contributed by atoms with Gasteiger partial charge in [-0.1, -0.05) is 77.4 Å². The summed E-state index contributed by atoms with van der Waals surface area (Å²) >= 11 is 15.2. The summed E-state index contributed by atoms with van der Waals surface area (Å²) in [6.07, 6.45) is 6.27. The molecule has 4 aromatic rings. The molecular formula is C40H52Cl2N6O4S2. The third kappa shape index (κ3) is 10.9. The number of rotatable bonds is 10. The Labute approximate surface area is 336 Å². The number of carbonyl (C=O) groups excluding carboxylic acids is 3. The number of hydrogen-bond acceptors (Lipinski definition) is 9. The summed E-state index contributed by atoms with van der Waals surface area (Å²) < 4.78 is 9.91. The average molecular weight is 816 g/mol. The first-order valence-corrected chi connectivity index (χ1v) is 20.9. The SMILES string of the molecule is C=CCOC(=O)N1CCC(c2cc(CCc3ccc(Cl)s3)n(C(=O)C(C)(C)C)n2)C1.CC(C)(C)C(=O)n1nc(C2CCNC2)cc1CCc1ccc(Cl)s1. The van der Waals surface area contributed by atoms with E-state index in [4.69, 9.17) is 27.9 Å². The zero-order chi connectivity index (χ0) is 39.2. The molecule has 1 amide bonds. The molecule has 0 radical (unpaired) electrons. The van der Waals surface area contributed by atoms with Crippen LogP contribution >= 0.6 is 45.9 Å². The van der Waals surface area contributed by atoms with Gasteiger partial charge < -0.3 is 15.0 Å². The Morgan fingerprint density at radius 1 is 0.833 bits per heavy atom. The van der Waals surface area contributed by atoms with Crippen LogP contribution in [0.1, 0.15) is 108 Å². The summed E-state index contributed by atoms with van der Waals surface area (Å²) in [7, 11) is 0. The van der Waals surface area contributed by atoms with E-state index in [9.17, 15) is 14.4 Å². The number of aromatic nitrogens is 4. The molecule has 0 aromatic carbocycles. The van der Waals surface area contributed by atoms with Gasteiger partial charge >= 0.3 is 6.09 Å². The second-order valence-corrected chi connectivity index (χ2v) is 19.6. The maximum Gasteiger partial charge on any atom is 0.410 e. The van der Waals surface area contributed by atoms with E-state index in [0.29, 0.717) is 25.4 Å². The lowest BCUT2D eigenvalue weighted by atomic mass is 9.95. The van der Waals surface area contributed by atoms with E-state index in [1.165, 1.54) is 9.75 Å². The third-order valence-electron chi connectivity index (χ3n) is 9.45. The van der Waals surface area contributed by atoms with Gasteiger partial charge in [-0.2, -0.15) is 10.2 Å². The Kier molecular flexibility index (Phi) is 14.0. The summed E-state index contributed by atoms with van der Waals surface area (Å²) in [5.74, 6) is 0.520. The number of ether oxygens (including phenoxy) is 1. The lowest BCUT2D eigenvalue weighted by Gasteiger charge is -2.18. The van der Waals surface area contributed by atoms with E-state index < -0.39 is 10.8 Å². The molecule has 6 rings (SSSR count). The van der Waals surface area contributed by atoms with Crippen LogP contribution in [0.3, 0.4) is 0 Å². The molecule has 2 unspecified atom stereocenters. The summed E-state index contributed by atoms with van der Waals surface area (Å²) in [5.41, 5.74) is 2.80. The zero-order valence-electron chi connectivity index (χ0n) is 32.1. The predicted molar refractivity (Wildman–Crippen MR) is 219 cm³/mol. The lowest BCUT2D eigenvalue weighted by molar-refractivity contribution is 0.0738. The molecule has 2 saturated heterocycles.